The zero-order valence-corrected chi connectivity index (χ0v) is 11.2. The van der Waals surface area contributed by atoms with Crippen molar-refractivity contribution >= 4 is 15.9 Å². The van der Waals surface area contributed by atoms with Crippen molar-refractivity contribution in [2.24, 2.45) is 0 Å². The van der Waals surface area contributed by atoms with E-state index in [1.54, 1.807) is 6.07 Å². The van der Waals surface area contributed by atoms with E-state index in [1.807, 2.05) is 6.07 Å². The molecule has 3 heteroatoms. The fourth-order valence-electron chi connectivity index (χ4n) is 1.75. The second-order valence-corrected chi connectivity index (χ2v) is 5.45. The number of halogens is 1. The highest BCUT2D eigenvalue weighted by Gasteiger charge is 2.22. The lowest BCUT2D eigenvalue weighted by Gasteiger charge is -2.24. The molecule has 0 spiro atoms. The summed E-state index contributed by atoms with van der Waals surface area (Å²) in [7, 11) is 0. The molecule has 0 fully saturated rings. The third-order valence-electron chi connectivity index (χ3n) is 2.37. The maximum atomic E-state index is 8.98. The lowest BCUT2D eigenvalue weighted by molar-refractivity contribution is 0.581. The molecule has 0 unspecified atom stereocenters. The van der Waals surface area contributed by atoms with Gasteiger partial charge in [0.25, 0.3) is 0 Å². The van der Waals surface area contributed by atoms with Gasteiger partial charge in [-0.1, -0.05) is 26.8 Å². The first-order valence-electron chi connectivity index (χ1n) is 5.00. The lowest BCUT2D eigenvalue weighted by atomic mass is 9.82. The molecule has 0 aliphatic heterocycles. The Morgan fingerprint density at radius 1 is 1.25 bits per heavy atom. The summed E-state index contributed by atoms with van der Waals surface area (Å²) in [5, 5.41) is 17.8. The summed E-state index contributed by atoms with van der Waals surface area (Å²) in [6.07, 6.45) is 0.372. The van der Waals surface area contributed by atoms with E-state index in [0.29, 0.717) is 12.0 Å². The number of hydrogen-bond donors (Lipinski definition) is 0. The topological polar surface area (TPSA) is 47.6 Å². The number of rotatable bonds is 1. The molecule has 0 saturated carbocycles. The predicted octanol–water partition coefficient (Wildman–Crippen LogP) is 3.68. The van der Waals surface area contributed by atoms with Crippen molar-refractivity contribution < 1.29 is 0 Å². The molecule has 0 atom stereocenters. The Balaban J connectivity index is 3.52. The van der Waals surface area contributed by atoms with E-state index >= 15 is 0 Å². The number of nitriles is 2. The van der Waals surface area contributed by atoms with Gasteiger partial charge in [-0.25, -0.2) is 0 Å². The van der Waals surface area contributed by atoms with Crippen LogP contribution in [0.1, 0.15) is 37.5 Å². The van der Waals surface area contributed by atoms with E-state index in [9.17, 15) is 0 Å². The van der Waals surface area contributed by atoms with Gasteiger partial charge in [-0.3, -0.25) is 0 Å². The van der Waals surface area contributed by atoms with Crippen LogP contribution in [0.2, 0.25) is 0 Å². The standard InChI is InChI=1S/C13H13BrN2/c1-13(2,3)11-9(6-7-15)4-5-10(8-16)12(11)14/h4-5H,6H2,1-3H3. The summed E-state index contributed by atoms with van der Waals surface area (Å²) in [6, 6.07) is 7.93. The molecule has 0 radical (unpaired) electrons. The molecule has 1 aromatic rings. The second-order valence-electron chi connectivity index (χ2n) is 4.66. The Kier molecular flexibility index (Phi) is 3.73. The van der Waals surface area contributed by atoms with Gasteiger partial charge in [0, 0.05) is 4.47 Å². The minimum atomic E-state index is -0.0854. The number of nitrogens with zero attached hydrogens (tertiary/aromatic N) is 2. The zero-order chi connectivity index (χ0) is 12.3. The Hall–Kier alpha value is -1.32. The third-order valence-corrected chi connectivity index (χ3v) is 3.19. The van der Waals surface area contributed by atoms with Crippen LogP contribution in [-0.4, -0.2) is 0 Å². The average Bonchev–Trinajstić information content (AvgIpc) is 2.16. The molecule has 1 rings (SSSR count). The molecule has 2 nitrogen and oxygen atoms in total. The van der Waals surface area contributed by atoms with Gasteiger partial charge < -0.3 is 0 Å². The first-order valence-corrected chi connectivity index (χ1v) is 5.80. The van der Waals surface area contributed by atoms with E-state index in [0.717, 1.165) is 15.6 Å². The summed E-state index contributed by atoms with van der Waals surface area (Å²) < 4.78 is 0.815. The normalized spacial score (nSPS) is 10.6. The molecule has 0 amide bonds. The Morgan fingerprint density at radius 3 is 2.31 bits per heavy atom. The van der Waals surface area contributed by atoms with Crippen LogP contribution in [0.25, 0.3) is 0 Å². The molecule has 0 N–H and O–H groups in total. The highest BCUT2D eigenvalue weighted by atomic mass is 79.9. The van der Waals surface area contributed by atoms with Crippen molar-refractivity contribution in [2.75, 3.05) is 0 Å². The van der Waals surface area contributed by atoms with Crippen molar-refractivity contribution in [3.8, 4) is 12.1 Å². The molecular formula is C13H13BrN2. The highest BCUT2D eigenvalue weighted by molar-refractivity contribution is 9.10. The maximum Gasteiger partial charge on any atom is 0.100 e. The van der Waals surface area contributed by atoms with Crippen LogP contribution in [-0.2, 0) is 11.8 Å². The van der Waals surface area contributed by atoms with E-state index in [4.69, 9.17) is 10.5 Å². The van der Waals surface area contributed by atoms with Gasteiger partial charge >= 0.3 is 0 Å². The summed E-state index contributed by atoms with van der Waals surface area (Å²) in [5.41, 5.74) is 2.57. The number of benzene rings is 1. The maximum absolute atomic E-state index is 8.98. The van der Waals surface area contributed by atoms with Crippen LogP contribution in [0.4, 0.5) is 0 Å². The van der Waals surface area contributed by atoms with Gasteiger partial charge in [0.1, 0.15) is 6.07 Å². The molecule has 16 heavy (non-hydrogen) atoms. The lowest BCUT2D eigenvalue weighted by Crippen LogP contribution is -2.16. The van der Waals surface area contributed by atoms with Crippen molar-refractivity contribution in [2.45, 2.75) is 32.6 Å². The van der Waals surface area contributed by atoms with Crippen LogP contribution < -0.4 is 0 Å². The van der Waals surface area contributed by atoms with Crippen molar-refractivity contribution in [3.63, 3.8) is 0 Å². The highest BCUT2D eigenvalue weighted by Crippen LogP contribution is 2.35. The van der Waals surface area contributed by atoms with Crippen LogP contribution in [0.5, 0.6) is 0 Å². The SMILES string of the molecule is CC(C)(C)c1c(CC#N)ccc(C#N)c1Br. The van der Waals surface area contributed by atoms with Crippen LogP contribution in [0.3, 0.4) is 0 Å². The Morgan fingerprint density at radius 2 is 1.88 bits per heavy atom. The van der Waals surface area contributed by atoms with Crippen LogP contribution in [0.15, 0.2) is 16.6 Å². The molecule has 1 aromatic carbocycles. The van der Waals surface area contributed by atoms with Gasteiger partial charge in [-0.05, 0) is 38.5 Å². The van der Waals surface area contributed by atoms with Gasteiger partial charge in [0.15, 0.2) is 0 Å². The van der Waals surface area contributed by atoms with Crippen molar-refractivity contribution in [1.82, 2.24) is 0 Å². The Labute approximate surface area is 105 Å². The fourth-order valence-corrected chi connectivity index (χ4v) is 2.82. The first-order chi connectivity index (χ1) is 7.41. The molecule has 0 aliphatic carbocycles. The van der Waals surface area contributed by atoms with Crippen LogP contribution >= 0.6 is 15.9 Å². The molecule has 82 valence electrons. The van der Waals surface area contributed by atoms with Crippen LogP contribution in [0, 0.1) is 22.7 Å². The van der Waals surface area contributed by atoms with E-state index < -0.39 is 0 Å². The fraction of sp³-hybridized carbons (Fsp3) is 0.385. The van der Waals surface area contributed by atoms with Gasteiger partial charge in [-0.2, -0.15) is 10.5 Å². The summed E-state index contributed by atoms with van der Waals surface area (Å²) >= 11 is 3.47. The average molecular weight is 277 g/mol. The molecule has 0 heterocycles. The molecular weight excluding hydrogens is 264 g/mol. The Bertz CT molecular complexity index is 484. The molecule has 0 bridgehead atoms. The first kappa shape index (κ1) is 12.7. The minimum Gasteiger partial charge on any atom is -0.198 e. The minimum absolute atomic E-state index is 0.0854. The largest absolute Gasteiger partial charge is 0.198 e. The van der Waals surface area contributed by atoms with E-state index in [2.05, 4.69) is 48.8 Å². The van der Waals surface area contributed by atoms with Gasteiger partial charge in [0.05, 0.1) is 18.1 Å². The smallest absolute Gasteiger partial charge is 0.100 e. The summed E-state index contributed by atoms with van der Waals surface area (Å²) in [5.74, 6) is 0. The van der Waals surface area contributed by atoms with Gasteiger partial charge in [0.2, 0.25) is 0 Å². The third kappa shape index (κ3) is 2.43. The summed E-state index contributed by atoms with van der Waals surface area (Å²) in [6.45, 7) is 6.24. The zero-order valence-electron chi connectivity index (χ0n) is 9.63. The molecule has 0 aliphatic rings. The predicted molar refractivity (Wildman–Crippen MR) is 66.9 cm³/mol. The molecule has 0 aromatic heterocycles. The molecule has 0 saturated heterocycles. The number of hydrogen-bond acceptors (Lipinski definition) is 2. The summed E-state index contributed by atoms with van der Waals surface area (Å²) in [4.78, 5) is 0. The van der Waals surface area contributed by atoms with Gasteiger partial charge in [-0.15, -0.1) is 0 Å². The van der Waals surface area contributed by atoms with E-state index in [1.165, 1.54) is 0 Å². The monoisotopic (exact) mass is 276 g/mol. The van der Waals surface area contributed by atoms with E-state index in [-0.39, 0.29) is 5.41 Å². The van der Waals surface area contributed by atoms with Crippen molar-refractivity contribution in [3.05, 3.63) is 33.3 Å². The second kappa shape index (κ2) is 4.68. The quantitative estimate of drug-likeness (QED) is 0.786. The van der Waals surface area contributed by atoms with Crippen molar-refractivity contribution in [1.29, 1.82) is 10.5 Å².